The van der Waals surface area contributed by atoms with Crippen molar-refractivity contribution in [1.82, 2.24) is 19.7 Å². The molecular formula is C10H10N4O2. The average molecular weight is 218 g/mol. The highest BCUT2D eigenvalue weighted by Crippen LogP contribution is 2.06. The molecule has 0 bridgehead atoms. The van der Waals surface area contributed by atoms with E-state index in [1.807, 2.05) is 6.92 Å². The van der Waals surface area contributed by atoms with Gasteiger partial charge in [0, 0.05) is 11.9 Å². The van der Waals surface area contributed by atoms with Crippen LogP contribution < -0.4 is 0 Å². The minimum absolute atomic E-state index is 0.0318. The lowest BCUT2D eigenvalue weighted by Crippen LogP contribution is -2.09. The van der Waals surface area contributed by atoms with E-state index in [2.05, 4.69) is 15.1 Å². The van der Waals surface area contributed by atoms with Gasteiger partial charge in [-0.15, -0.1) is 0 Å². The number of hydrogen-bond acceptors (Lipinski definition) is 4. The fourth-order valence-corrected chi connectivity index (χ4v) is 1.29. The maximum atomic E-state index is 10.8. The Morgan fingerprint density at radius 1 is 1.38 bits per heavy atom. The molecule has 2 rings (SSSR count). The molecule has 0 aromatic carbocycles. The maximum Gasteiger partial charge on any atom is 0.354 e. The van der Waals surface area contributed by atoms with Crippen LogP contribution in [-0.2, 0) is 0 Å². The quantitative estimate of drug-likeness (QED) is 0.812. The van der Waals surface area contributed by atoms with Crippen molar-refractivity contribution in [3.63, 3.8) is 0 Å². The van der Waals surface area contributed by atoms with Crippen molar-refractivity contribution in [2.75, 3.05) is 0 Å². The molecule has 0 spiro atoms. The summed E-state index contributed by atoms with van der Waals surface area (Å²) in [6, 6.07) is 1.42. The highest BCUT2D eigenvalue weighted by atomic mass is 16.4. The van der Waals surface area contributed by atoms with Gasteiger partial charge in [0.2, 0.25) is 0 Å². The second-order valence-corrected chi connectivity index (χ2v) is 3.46. The molecule has 0 saturated carbocycles. The fraction of sp³-hybridized carbons (Fsp3) is 0.200. The summed E-state index contributed by atoms with van der Waals surface area (Å²) in [7, 11) is 0. The zero-order valence-electron chi connectivity index (χ0n) is 8.88. The zero-order chi connectivity index (χ0) is 11.7. The van der Waals surface area contributed by atoms with Crippen LogP contribution in [0.4, 0.5) is 0 Å². The molecule has 0 fully saturated rings. The number of rotatable bonds is 2. The molecular weight excluding hydrogens is 208 g/mol. The van der Waals surface area contributed by atoms with E-state index in [1.54, 1.807) is 19.3 Å². The molecule has 0 aliphatic carbocycles. The van der Waals surface area contributed by atoms with Crippen molar-refractivity contribution >= 4 is 5.97 Å². The Bertz CT molecular complexity index is 548. The molecule has 2 aromatic rings. The Labute approximate surface area is 91.6 Å². The Morgan fingerprint density at radius 2 is 2.12 bits per heavy atom. The lowest BCUT2D eigenvalue weighted by atomic mass is 10.3. The first-order valence-corrected chi connectivity index (χ1v) is 4.67. The van der Waals surface area contributed by atoms with E-state index in [0.29, 0.717) is 5.69 Å². The number of carbonyl (C=O) groups is 1. The zero-order valence-corrected chi connectivity index (χ0v) is 8.88. The van der Waals surface area contributed by atoms with Gasteiger partial charge in [0.1, 0.15) is 0 Å². The number of aryl methyl sites for hydroxylation is 2. The van der Waals surface area contributed by atoms with E-state index >= 15 is 0 Å². The van der Waals surface area contributed by atoms with Crippen molar-refractivity contribution in [3.05, 3.63) is 35.4 Å². The average Bonchev–Trinajstić information content (AvgIpc) is 2.64. The number of hydrogen-bond donors (Lipinski definition) is 1. The van der Waals surface area contributed by atoms with Gasteiger partial charge in [0.05, 0.1) is 6.20 Å². The van der Waals surface area contributed by atoms with Crippen LogP contribution in [0.25, 0.3) is 5.95 Å². The predicted octanol–water partition coefficient (Wildman–Crippen LogP) is 0.977. The van der Waals surface area contributed by atoms with Crippen molar-refractivity contribution < 1.29 is 9.90 Å². The Hall–Kier alpha value is -2.24. The molecule has 6 heteroatoms. The summed E-state index contributed by atoms with van der Waals surface area (Å²) in [5.41, 5.74) is 1.52. The van der Waals surface area contributed by atoms with E-state index < -0.39 is 5.97 Å². The van der Waals surface area contributed by atoms with Crippen LogP contribution in [0, 0.1) is 13.8 Å². The lowest BCUT2D eigenvalue weighted by molar-refractivity contribution is 0.0690. The highest BCUT2D eigenvalue weighted by molar-refractivity contribution is 5.85. The SMILES string of the molecule is Cc1cnn(-c2nc(C)cc(C(=O)O)n2)c1. The summed E-state index contributed by atoms with van der Waals surface area (Å²) in [6.45, 7) is 3.60. The third-order valence-electron chi connectivity index (χ3n) is 1.98. The molecule has 2 aromatic heterocycles. The first-order valence-electron chi connectivity index (χ1n) is 4.67. The van der Waals surface area contributed by atoms with Crippen LogP contribution in [0.5, 0.6) is 0 Å². The molecule has 0 amide bonds. The molecule has 0 aliphatic rings. The van der Waals surface area contributed by atoms with Gasteiger partial charge in [-0.05, 0) is 25.5 Å². The normalized spacial score (nSPS) is 10.4. The van der Waals surface area contributed by atoms with Gasteiger partial charge >= 0.3 is 5.97 Å². The Balaban J connectivity index is 2.53. The van der Waals surface area contributed by atoms with E-state index in [4.69, 9.17) is 5.11 Å². The molecule has 0 radical (unpaired) electrons. The van der Waals surface area contributed by atoms with Crippen molar-refractivity contribution in [3.8, 4) is 5.95 Å². The number of nitrogens with zero attached hydrogens (tertiary/aromatic N) is 4. The smallest absolute Gasteiger partial charge is 0.354 e. The molecule has 0 aliphatic heterocycles. The second kappa shape index (κ2) is 3.73. The van der Waals surface area contributed by atoms with Gasteiger partial charge in [-0.2, -0.15) is 5.10 Å². The Morgan fingerprint density at radius 3 is 2.69 bits per heavy atom. The largest absolute Gasteiger partial charge is 0.477 e. The minimum atomic E-state index is -1.07. The molecule has 82 valence electrons. The van der Waals surface area contributed by atoms with Gasteiger partial charge in [0.15, 0.2) is 5.69 Å². The van der Waals surface area contributed by atoms with E-state index in [-0.39, 0.29) is 11.6 Å². The minimum Gasteiger partial charge on any atom is -0.477 e. The number of carboxylic acid groups (broad SMARTS) is 1. The summed E-state index contributed by atoms with van der Waals surface area (Å²) in [5, 5.41) is 12.9. The predicted molar refractivity (Wildman–Crippen MR) is 55.6 cm³/mol. The molecule has 0 unspecified atom stereocenters. The topological polar surface area (TPSA) is 80.9 Å². The first kappa shape index (κ1) is 10.3. The van der Waals surface area contributed by atoms with Crippen LogP contribution in [0.2, 0.25) is 0 Å². The van der Waals surface area contributed by atoms with Crippen molar-refractivity contribution in [1.29, 1.82) is 0 Å². The Kier molecular flexibility index (Phi) is 2.40. The third kappa shape index (κ3) is 1.90. The summed E-state index contributed by atoms with van der Waals surface area (Å²) in [4.78, 5) is 18.9. The summed E-state index contributed by atoms with van der Waals surface area (Å²) >= 11 is 0. The van der Waals surface area contributed by atoms with Crippen LogP contribution in [0.1, 0.15) is 21.7 Å². The second-order valence-electron chi connectivity index (χ2n) is 3.46. The highest BCUT2D eigenvalue weighted by Gasteiger charge is 2.10. The van der Waals surface area contributed by atoms with Gasteiger partial charge in [-0.1, -0.05) is 0 Å². The van der Waals surface area contributed by atoms with Gasteiger partial charge in [0.25, 0.3) is 5.95 Å². The van der Waals surface area contributed by atoms with Crippen LogP contribution in [0.3, 0.4) is 0 Å². The first-order chi connectivity index (χ1) is 7.56. The number of carboxylic acids is 1. The fourth-order valence-electron chi connectivity index (χ4n) is 1.29. The molecule has 0 saturated heterocycles. The molecule has 16 heavy (non-hydrogen) atoms. The lowest BCUT2D eigenvalue weighted by Gasteiger charge is -2.02. The van der Waals surface area contributed by atoms with Crippen LogP contribution in [-0.4, -0.2) is 30.8 Å². The van der Waals surface area contributed by atoms with E-state index in [9.17, 15) is 4.79 Å². The van der Waals surface area contributed by atoms with Gasteiger partial charge < -0.3 is 5.11 Å². The summed E-state index contributed by atoms with van der Waals surface area (Å²) in [5.74, 6) is -0.805. The monoisotopic (exact) mass is 218 g/mol. The molecule has 1 N–H and O–H groups in total. The number of aromatic carboxylic acids is 1. The summed E-state index contributed by atoms with van der Waals surface area (Å²) in [6.07, 6.45) is 3.40. The van der Waals surface area contributed by atoms with Crippen LogP contribution in [0.15, 0.2) is 18.5 Å². The standard InChI is InChI=1S/C10H10N4O2/c1-6-4-11-14(5-6)10-12-7(2)3-8(13-10)9(15)16/h3-5H,1-2H3,(H,15,16). The van der Waals surface area contributed by atoms with Gasteiger partial charge in [-0.3, -0.25) is 0 Å². The number of aromatic nitrogens is 4. The molecule has 0 atom stereocenters. The third-order valence-corrected chi connectivity index (χ3v) is 1.98. The van der Waals surface area contributed by atoms with E-state index in [1.165, 1.54) is 10.7 Å². The van der Waals surface area contributed by atoms with Gasteiger partial charge in [-0.25, -0.2) is 19.4 Å². The van der Waals surface area contributed by atoms with Crippen molar-refractivity contribution in [2.24, 2.45) is 0 Å². The van der Waals surface area contributed by atoms with E-state index in [0.717, 1.165) is 5.56 Å². The maximum absolute atomic E-state index is 10.8. The van der Waals surface area contributed by atoms with Crippen LogP contribution >= 0.6 is 0 Å². The summed E-state index contributed by atoms with van der Waals surface area (Å²) < 4.78 is 1.45. The molecule has 6 nitrogen and oxygen atoms in total. The molecule has 2 heterocycles. The van der Waals surface area contributed by atoms with Crippen molar-refractivity contribution in [2.45, 2.75) is 13.8 Å².